The minimum absolute atomic E-state index is 0.166. The fourth-order valence-electron chi connectivity index (χ4n) is 2.89. The van der Waals surface area contributed by atoms with Gasteiger partial charge in [0.2, 0.25) is 0 Å². The molecule has 1 fully saturated rings. The molecule has 2 heterocycles. The summed E-state index contributed by atoms with van der Waals surface area (Å²) in [5, 5.41) is 2.39. The zero-order chi connectivity index (χ0) is 18.4. The number of amides is 3. The van der Waals surface area contributed by atoms with Gasteiger partial charge in [-0.05, 0) is 25.1 Å². The van der Waals surface area contributed by atoms with Crippen LogP contribution >= 0.6 is 0 Å². The van der Waals surface area contributed by atoms with Crippen LogP contribution in [-0.4, -0.2) is 33.7 Å². The van der Waals surface area contributed by atoms with E-state index in [9.17, 15) is 23.2 Å². The summed E-state index contributed by atoms with van der Waals surface area (Å²) in [5.74, 6) is -2.95. The Morgan fingerprint density at radius 3 is 2.56 bits per heavy atom. The number of nitrogens with one attached hydrogen (secondary N) is 1. The van der Waals surface area contributed by atoms with Crippen LogP contribution in [0.25, 0.3) is 0 Å². The Labute approximate surface area is 142 Å². The number of carbonyl (C=O) groups is 3. The Bertz CT molecular complexity index is 893. The van der Waals surface area contributed by atoms with Crippen molar-refractivity contribution in [1.82, 2.24) is 14.8 Å². The molecule has 3 amide bonds. The van der Waals surface area contributed by atoms with Crippen LogP contribution in [0, 0.1) is 11.6 Å². The molecule has 1 aliphatic rings. The molecule has 0 spiro atoms. The average molecular weight is 347 g/mol. The third-order valence-corrected chi connectivity index (χ3v) is 4.28. The van der Waals surface area contributed by atoms with Crippen LogP contribution in [0.2, 0.25) is 0 Å². The lowest BCUT2D eigenvalue weighted by molar-refractivity contribution is -0.130. The normalized spacial score (nSPS) is 20.1. The second-order valence-electron chi connectivity index (χ2n) is 6.00. The number of Topliss-reactive ketones (excluding diaryl/α,β-unsaturated/α-hetero) is 1. The fourth-order valence-corrected chi connectivity index (χ4v) is 2.89. The van der Waals surface area contributed by atoms with E-state index in [4.69, 9.17) is 0 Å². The number of hydrogen-bond donors (Lipinski definition) is 1. The fraction of sp³-hybridized carbons (Fsp3) is 0.235. The van der Waals surface area contributed by atoms with Crippen molar-refractivity contribution in [2.24, 2.45) is 7.05 Å². The Balaban J connectivity index is 1.89. The van der Waals surface area contributed by atoms with E-state index >= 15 is 0 Å². The summed E-state index contributed by atoms with van der Waals surface area (Å²) >= 11 is 0. The number of aryl methyl sites for hydroxylation is 1. The highest BCUT2D eigenvalue weighted by atomic mass is 19.1. The minimum atomic E-state index is -1.71. The predicted molar refractivity (Wildman–Crippen MR) is 83.7 cm³/mol. The van der Waals surface area contributed by atoms with Crippen molar-refractivity contribution in [3.63, 3.8) is 0 Å². The van der Waals surface area contributed by atoms with Crippen LogP contribution in [0.5, 0.6) is 0 Å². The zero-order valence-electron chi connectivity index (χ0n) is 13.5. The summed E-state index contributed by atoms with van der Waals surface area (Å²) in [7, 11) is 1.66. The van der Waals surface area contributed by atoms with E-state index in [-0.39, 0.29) is 5.56 Å². The summed E-state index contributed by atoms with van der Waals surface area (Å²) in [6, 6.07) is 5.17. The molecule has 25 heavy (non-hydrogen) atoms. The molecule has 0 radical (unpaired) electrons. The van der Waals surface area contributed by atoms with Crippen molar-refractivity contribution in [2.45, 2.75) is 12.5 Å². The first-order valence-corrected chi connectivity index (χ1v) is 7.48. The molecule has 3 rings (SSSR count). The van der Waals surface area contributed by atoms with Crippen LogP contribution < -0.4 is 5.32 Å². The van der Waals surface area contributed by atoms with E-state index < -0.39 is 41.4 Å². The van der Waals surface area contributed by atoms with Gasteiger partial charge < -0.3 is 9.88 Å². The quantitative estimate of drug-likeness (QED) is 0.679. The largest absolute Gasteiger partial charge is 0.348 e. The lowest BCUT2D eigenvalue weighted by Gasteiger charge is -2.22. The Morgan fingerprint density at radius 1 is 1.24 bits per heavy atom. The molecule has 0 saturated carbocycles. The Hall–Kier alpha value is -3.03. The number of carbonyl (C=O) groups excluding carboxylic acids is 3. The Kier molecular flexibility index (Phi) is 3.90. The summed E-state index contributed by atoms with van der Waals surface area (Å²) in [5.41, 5.74) is -1.54. The van der Waals surface area contributed by atoms with Crippen molar-refractivity contribution >= 4 is 17.7 Å². The van der Waals surface area contributed by atoms with E-state index in [1.54, 1.807) is 29.9 Å². The lowest BCUT2D eigenvalue weighted by Crippen LogP contribution is -2.42. The molecule has 1 N–H and O–H groups in total. The molecule has 1 unspecified atom stereocenters. The first kappa shape index (κ1) is 16.8. The van der Waals surface area contributed by atoms with Gasteiger partial charge in [0.05, 0.1) is 12.2 Å². The molecule has 2 aromatic rings. The van der Waals surface area contributed by atoms with Gasteiger partial charge in [-0.25, -0.2) is 13.6 Å². The van der Waals surface area contributed by atoms with Gasteiger partial charge in [-0.15, -0.1) is 0 Å². The summed E-state index contributed by atoms with van der Waals surface area (Å²) in [6.07, 6.45) is 1.66. The number of rotatable bonds is 4. The zero-order valence-corrected chi connectivity index (χ0v) is 13.5. The van der Waals surface area contributed by atoms with Gasteiger partial charge in [-0.3, -0.25) is 14.5 Å². The molecule has 1 aromatic heterocycles. The van der Waals surface area contributed by atoms with E-state index in [1.165, 1.54) is 6.92 Å². The first-order chi connectivity index (χ1) is 11.7. The molecule has 1 aromatic carbocycles. The smallest absolute Gasteiger partial charge is 0.325 e. The summed E-state index contributed by atoms with van der Waals surface area (Å²) in [6.45, 7) is 0.845. The van der Waals surface area contributed by atoms with Crippen molar-refractivity contribution in [3.05, 3.63) is 59.4 Å². The monoisotopic (exact) mass is 347 g/mol. The van der Waals surface area contributed by atoms with Gasteiger partial charge in [-0.2, -0.15) is 0 Å². The number of ketones is 1. The number of halogens is 2. The average Bonchev–Trinajstić information content (AvgIpc) is 3.05. The van der Waals surface area contributed by atoms with Gasteiger partial charge >= 0.3 is 6.03 Å². The molecular weight excluding hydrogens is 332 g/mol. The molecule has 0 bridgehead atoms. The van der Waals surface area contributed by atoms with Crippen molar-refractivity contribution in [2.75, 3.05) is 6.54 Å². The van der Waals surface area contributed by atoms with Crippen molar-refractivity contribution in [3.8, 4) is 0 Å². The second kappa shape index (κ2) is 5.80. The summed E-state index contributed by atoms with van der Waals surface area (Å²) in [4.78, 5) is 37.9. The standard InChI is InChI=1S/C17H15F2N3O3/c1-17(11-6-5-10(18)8-12(11)19)15(24)22(16(25)20-17)9-14(23)13-4-3-7-21(13)2/h3-8H,9H2,1-2H3,(H,20,25). The van der Waals surface area contributed by atoms with Gasteiger partial charge in [0.15, 0.2) is 5.78 Å². The summed E-state index contributed by atoms with van der Waals surface area (Å²) < 4.78 is 28.8. The van der Waals surface area contributed by atoms with Crippen LogP contribution in [-0.2, 0) is 17.4 Å². The third-order valence-electron chi connectivity index (χ3n) is 4.28. The molecule has 130 valence electrons. The first-order valence-electron chi connectivity index (χ1n) is 7.48. The molecule has 1 aliphatic heterocycles. The second-order valence-corrected chi connectivity index (χ2v) is 6.00. The predicted octanol–water partition coefficient (Wildman–Crippen LogP) is 1.95. The number of hydrogen-bond acceptors (Lipinski definition) is 3. The van der Waals surface area contributed by atoms with Crippen molar-refractivity contribution < 1.29 is 23.2 Å². The van der Waals surface area contributed by atoms with Gasteiger partial charge in [0.1, 0.15) is 17.2 Å². The SMILES string of the molecule is Cn1cccc1C(=O)CN1C(=O)NC(C)(c2ccc(F)cc2F)C1=O. The van der Waals surface area contributed by atoms with Crippen LogP contribution in [0.1, 0.15) is 23.0 Å². The molecular formula is C17H15F2N3O3. The molecule has 1 saturated heterocycles. The highest BCUT2D eigenvalue weighted by molar-refractivity contribution is 6.11. The minimum Gasteiger partial charge on any atom is -0.348 e. The van der Waals surface area contributed by atoms with Gasteiger partial charge in [0.25, 0.3) is 5.91 Å². The molecule has 8 heteroatoms. The lowest BCUT2D eigenvalue weighted by atomic mass is 9.91. The van der Waals surface area contributed by atoms with E-state index in [0.717, 1.165) is 17.0 Å². The van der Waals surface area contributed by atoms with Crippen molar-refractivity contribution in [1.29, 1.82) is 0 Å². The molecule has 1 atom stereocenters. The number of urea groups is 1. The molecule has 6 nitrogen and oxygen atoms in total. The van der Waals surface area contributed by atoms with Gasteiger partial charge in [0, 0.05) is 24.9 Å². The third kappa shape index (κ3) is 2.69. The van der Waals surface area contributed by atoms with E-state index in [0.29, 0.717) is 11.8 Å². The highest BCUT2D eigenvalue weighted by Crippen LogP contribution is 2.31. The molecule has 0 aliphatic carbocycles. The number of imide groups is 1. The Morgan fingerprint density at radius 2 is 1.96 bits per heavy atom. The maximum atomic E-state index is 14.1. The van der Waals surface area contributed by atoms with E-state index in [2.05, 4.69) is 5.32 Å². The number of aromatic nitrogens is 1. The van der Waals surface area contributed by atoms with Crippen LogP contribution in [0.3, 0.4) is 0 Å². The number of nitrogens with zero attached hydrogens (tertiary/aromatic N) is 2. The van der Waals surface area contributed by atoms with Crippen LogP contribution in [0.15, 0.2) is 36.5 Å². The van der Waals surface area contributed by atoms with E-state index in [1.807, 2.05) is 0 Å². The number of benzene rings is 1. The highest BCUT2D eigenvalue weighted by Gasteiger charge is 2.50. The van der Waals surface area contributed by atoms with Gasteiger partial charge in [-0.1, -0.05) is 6.07 Å². The topological polar surface area (TPSA) is 71.4 Å². The maximum absolute atomic E-state index is 14.1. The maximum Gasteiger partial charge on any atom is 0.325 e. The van der Waals surface area contributed by atoms with Crippen LogP contribution in [0.4, 0.5) is 13.6 Å².